The Hall–Kier alpha value is -2.47. The Kier molecular flexibility index (Phi) is 4.36. The molecule has 2 aliphatic rings. The molecule has 0 unspecified atom stereocenters. The third-order valence-electron chi connectivity index (χ3n) is 4.43. The third-order valence-corrected chi connectivity index (χ3v) is 5.56. The summed E-state index contributed by atoms with van der Waals surface area (Å²) in [6.45, 7) is 1.18. The van der Waals surface area contributed by atoms with Crippen LogP contribution in [-0.4, -0.2) is 29.9 Å². The van der Waals surface area contributed by atoms with Crippen molar-refractivity contribution < 1.29 is 9.59 Å². The summed E-state index contributed by atoms with van der Waals surface area (Å²) < 4.78 is 0. The number of para-hydroxylation sites is 2. The van der Waals surface area contributed by atoms with Crippen LogP contribution in [0.5, 0.6) is 0 Å². The van der Waals surface area contributed by atoms with Crippen molar-refractivity contribution in [1.29, 1.82) is 0 Å². The van der Waals surface area contributed by atoms with E-state index in [-0.39, 0.29) is 11.8 Å². The second-order valence-corrected chi connectivity index (χ2v) is 7.21. The van der Waals surface area contributed by atoms with Crippen molar-refractivity contribution in [2.45, 2.75) is 29.1 Å². The van der Waals surface area contributed by atoms with E-state index < -0.39 is 0 Å². The van der Waals surface area contributed by atoms with Gasteiger partial charge in [-0.15, -0.1) is 0 Å². The van der Waals surface area contributed by atoms with Crippen molar-refractivity contribution in [2.75, 3.05) is 18.0 Å². The minimum absolute atomic E-state index is 0.00147. The van der Waals surface area contributed by atoms with Crippen molar-refractivity contribution >= 4 is 35.0 Å². The van der Waals surface area contributed by atoms with Gasteiger partial charge in [0.1, 0.15) is 0 Å². The Morgan fingerprint density at radius 3 is 2.28 bits per heavy atom. The van der Waals surface area contributed by atoms with E-state index in [1.54, 1.807) is 11.8 Å². The topological polar surface area (TPSA) is 52.7 Å². The lowest BCUT2D eigenvalue weighted by molar-refractivity contribution is -0.138. The van der Waals surface area contributed by atoms with Gasteiger partial charge in [0.15, 0.2) is 0 Å². The van der Waals surface area contributed by atoms with E-state index in [4.69, 9.17) is 0 Å². The van der Waals surface area contributed by atoms with Crippen molar-refractivity contribution in [3.05, 3.63) is 48.5 Å². The van der Waals surface area contributed by atoms with E-state index in [2.05, 4.69) is 34.6 Å². The number of hydrogen-bond donors (Lipinski definition) is 1. The SMILES string of the molecule is O=C(CCN1c2ccccc2Sc2ccccc21)NN1CCCC1=O. The number of fused-ring (bicyclic) bond motifs is 2. The van der Waals surface area contributed by atoms with Gasteiger partial charge in [0.05, 0.1) is 11.4 Å². The highest BCUT2D eigenvalue weighted by Crippen LogP contribution is 2.47. The van der Waals surface area contributed by atoms with Crippen LogP contribution in [0.15, 0.2) is 58.3 Å². The first kappa shape index (κ1) is 16.0. The highest BCUT2D eigenvalue weighted by Gasteiger charge is 2.25. The Bertz CT molecular complexity index is 778. The zero-order chi connectivity index (χ0) is 17.2. The molecule has 2 aliphatic heterocycles. The largest absolute Gasteiger partial charge is 0.339 e. The number of benzene rings is 2. The third kappa shape index (κ3) is 3.22. The number of hydrogen-bond acceptors (Lipinski definition) is 4. The molecule has 6 heteroatoms. The summed E-state index contributed by atoms with van der Waals surface area (Å²) in [5, 5.41) is 1.44. The lowest BCUT2D eigenvalue weighted by Gasteiger charge is -2.32. The predicted octanol–water partition coefficient (Wildman–Crippen LogP) is 3.33. The Labute approximate surface area is 151 Å². The molecule has 0 aromatic heterocycles. The van der Waals surface area contributed by atoms with Gasteiger partial charge in [-0.2, -0.15) is 0 Å². The first-order valence-corrected chi connectivity index (χ1v) is 9.27. The van der Waals surface area contributed by atoms with Gasteiger partial charge in [0, 0.05) is 35.7 Å². The Morgan fingerprint density at radius 1 is 1.04 bits per heavy atom. The summed E-state index contributed by atoms with van der Waals surface area (Å²) in [5.41, 5.74) is 4.97. The number of carbonyl (C=O) groups excluding carboxylic acids is 2. The molecule has 0 saturated carbocycles. The molecule has 2 aromatic carbocycles. The maximum atomic E-state index is 12.3. The smallest absolute Gasteiger partial charge is 0.241 e. The molecule has 2 aromatic rings. The van der Waals surface area contributed by atoms with Crippen LogP contribution >= 0.6 is 11.8 Å². The van der Waals surface area contributed by atoms with Crippen LogP contribution in [0.4, 0.5) is 11.4 Å². The van der Waals surface area contributed by atoms with Crippen LogP contribution in [0.25, 0.3) is 0 Å². The van der Waals surface area contributed by atoms with Gasteiger partial charge in [-0.25, -0.2) is 0 Å². The molecule has 2 amide bonds. The van der Waals surface area contributed by atoms with Crippen molar-refractivity contribution in [3.63, 3.8) is 0 Å². The molecule has 0 spiro atoms. The fraction of sp³-hybridized carbons (Fsp3) is 0.263. The normalized spacial score (nSPS) is 15.8. The Balaban J connectivity index is 1.50. The number of nitrogens with zero attached hydrogens (tertiary/aromatic N) is 2. The first-order valence-electron chi connectivity index (χ1n) is 8.46. The average Bonchev–Trinajstić information content (AvgIpc) is 3.03. The van der Waals surface area contributed by atoms with Gasteiger partial charge in [-0.05, 0) is 30.7 Å². The highest BCUT2D eigenvalue weighted by atomic mass is 32.2. The van der Waals surface area contributed by atoms with Crippen molar-refractivity contribution in [1.82, 2.24) is 10.4 Å². The number of amides is 2. The summed E-state index contributed by atoms with van der Waals surface area (Å²) in [7, 11) is 0. The number of nitrogens with one attached hydrogen (secondary N) is 1. The van der Waals surface area contributed by atoms with E-state index >= 15 is 0 Å². The molecule has 1 saturated heterocycles. The van der Waals surface area contributed by atoms with E-state index in [9.17, 15) is 9.59 Å². The molecular weight excluding hydrogens is 334 g/mol. The van der Waals surface area contributed by atoms with Crippen LogP contribution in [0.2, 0.25) is 0 Å². The van der Waals surface area contributed by atoms with Crippen molar-refractivity contribution in [3.8, 4) is 0 Å². The van der Waals surface area contributed by atoms with Crippen LogP contribution in [0, 0.1) is 0 Å². The number of rotatable bonds is 4. The average molecular weight is 353 g/mol. The van der Waals surface area contributed by atoms with Crippen LogP contribution in [-0.2, 0) is 9.59 Å². The molecule has 0 bridgehead atoms. The lowest BCUT2D eigenvalue weighted by Crippen LogP contribution is -2.43. The summed E-state index contributed by atoms with van der Waals surface area (Å²) in [6, 6.07) is 16.5. The maximum Gasteiger partial charge on any atom is 0.241 e. The highest BCUT2D eigenvalue weighted by molar-refractivity contribution is 7.99. The standard InChI is InChI=1S/C19H19N3O2S/c23-18(20-22-12-5-10-19(22)24)11-13-21-14-6-1-3-8-16(14)25-17-9-4-2-7-15(17)21/h1-4,6-9H,5,10-13H2,(H,20,23). The lowest BCUT2D eigenvalue weighted by atomic mass is 10.2. The van der Waals surface area contributed by atoms with E-state index in [0.29, 0.717) is 25.9 Å². The molecule has 0 radical (unpaired) electrons. The van der Waals surface area contributed by atoms with Gasteiger partial charge in [0.2, 0.25) is 11.8 Å². The molecule has 0 aliphatic carbocycles. The molecule has 128 valence electrons. The van der Waals surface area contributed by atoms with Gasteiger partial charge in [0.25, 0.3) is 0 Å². The summed E-state index contributed by atoms with van der Waals surface area (Å²) in [4.78, 5) is 28.5. The minimum atomic E-state index is -0.122. The van der Waals surface area contributed by atoms with Crippen LogP contribution < -0.4 is 10.3 Å². The molecule has 25 heavy (non-hydrogen) atoms. The zero-order valence-electron chi connectivity index (χ0n) is 13.8. The number of carbonyl (C=O) groups is 2. The van der Waals surface area contributed by atoms with Crippen LogP contribution in [0.3, 0.4) is 0 Å². The summed E-state index contributed by atoms with van der Waals surface area (Å²) in [5.74, 6) is -0.123. The predicted molar refractivity (Wildman–Crippen MR) is 97.7 cm³/mol. The van der Waals surface area contributed by atoms with Gasteiger partial charge >= 0.3 is 0 Å². The van der Waals surface area contributed by atoms with Crippen LogP contribution in [0.1, 0.15) is 19.3 Å². The summed E-state index contributed by atoms with van der Waals surface area (Å²) >= 11 is 1.75. The first-order chi connectivity index (χ1) is 12.2. The minimum Gasteiger partial charge on any atom is -0.339 e. The molecule has 4 rings (SSSR count). The van der Waals surface area contributed by atoms with E-state index in [1.807, 2.05) is 24.3 Å². The maximum absolute atomic E-state index is 12.3. The van der Waals surface area contributed by atoms with Crippen molar-refractivity contribution in [2.24, 2.45) is 0 Å². The molecule has 5 nitrogen and oxygen atoms in total. The molecular formula is C19H19N3O2S. The monoisotopic (exact) mass is 353 g/mol. The van der Waals surface area contributed by atoms with E-state index in [1.165, 1.54) is 14.8 Å². The quantitative estimate of drug-likeness (QED) is 0.916. The second-order valence-electron chi connectivity index (χ2n) is 6.12. The van der Waals surface area contributed by atoms with Gasteiger partial charge in [-0.3, -0.25) is 20.0 Å². The van der Waals surface area contributed by atoms with E-state index in [0.717, 1.165) is 17.8 Å². The van der Waals surface area contributed by atoms with Gasteiger partial charge in [-0.1, -0.05) is 36.0 Å². The molecule has 1 N–H and O–H groups in total. The molecule has 0 atom stereocenters. The zero-order valence-corrected chi connectivity index (χ0v) is 14.6. The second kappa shape index (κ2) is 6.80. The fourth-order valence-corrected chi connectivity index (χ4v) is 4.30. The number of hydrazine groups is 1. The molecule has 1 fully saturated rings. The fourth-order valence-electron chi connectivity index (χ4n) is 3.21. The number of anilines is 2. The summed E-state index contributed by atoms with van der Waals surface area (Å²) in [6.07, 6.45) is 1.66. The molecule has 2 heterocycles. The van der Waals surface area contributed by atoms with Gasteiger partial charge < -0.3 is 4.90 Å². The Morgan fingerprint density at radius 2 is 1.68 bits per heavy atom.